The van der Waals surface area contributed by atoms with E-state index in [4.69, 9.17) is 0 Å². The Hall–Kier alpha value is -2.25. The van der Waals surface area contributed by atoms with E-state index in [0.717, 1.165) is 44.3 Å². The summed E-state index contributed by atoms with van der Waals surface area (Å²) in [5, 5.41) is 22.2. The van der Waals surface area contributed by atoms with Gasteiger partial charge in [0.2, 0.25) is 0 Å². The second kappa shape index (κ2) is 8.19. The van der Waals surface area contributed by atoms with Crippen molar-refractivity contribution in [3.05, 3.63) is 47.8 Å². The van der Waals surface area contributed by atoms with Crippen molar-refractivity contribution in [3.63, 3.8) is 0 Å². The van der Waals surface area contributed by atoms with Crippen molar-refractivity contribution >= 4 is 5.91 Å². The fraction of sp³-hybridized carbons (Fsp3) is 0.550. The Bertz CT molecular complexity index is 757. The molecule has 3 heterocycles. The molecule has 144 valence electrons. The molecule has 0 saturated carbocycles. The average molecular weight is 369 g/mol. The van der Waals surface area contributed by atoms with Crippen LogP contribution in [-0.2, 0) is 0 Å². The molecule has 4 rings (SSSR count). The third-order valence-corrected chi connectivity index (χ3v) is 5.73. The molecular weight excluding hydrogens is 342 g/mol. The highest BCUT2D eigenvalue weighted by atomic mass is 16.3. The van der Waals surface area contributed by atoms with Crippen LogP contribution in [-0.4, -0.2) is 56.6 Å². The molecule has 2 aromatic rings. The standard InChI is InChI=1S/C20H27N5O2/c26-19(15-5-2-1-3-6-15)13-17-7-4-12-24(17)20(27)18-14-25(23-22-18)16-8-10-21-11-9-16/h1-3,5-6,14,16-17,19,21,26H,4,7-13H2/t17-,19+/m1/s1. The molecule has 0 unspecified atom stereocenters. The number of aliphatic hydroxyl groups excluding tert-OH is 1. The van der Waals surface area contributed by atoms with E-state index >= 15 is 0 Å². The molecule has 1 aromatic carbocycles. The Labute approximate surface area is 159 Å². The number of nitrogens with one attached hydrogen (secondary N) is 1. The summed E-state index contributed by atoms with van der Waals surface area (Å²) in [6.45, 7) is 2.66. The summed E-state index contributed by atoms with van der Waals surface area (Å²) in [4.78, 5) is 14.9. The van der Waals surface area contributed by atoms with E-state index < -0.39 is 6.10 Å². The number of piperidine rings is 1. The van der Waals surface area contributed by atoms with Crippen LogP contribution in [0.4, 0.5) is 0 Å². The molecule has 2 aliphatic rings. The predicted molar refractivity (Wildman–Crippen MR) is 101 cm³/mol. The second-order valence-corrected chi connectivity index (χ2v) is 7.52. The van der Waals surface area contributed by atoms with Crippen molar-refractivity contribution in [1.29, 1.82) is 0 Å². The van der Waals surface area contributed by atoms with Gasteiger partial charge in [0.05, 0.1) is 18.3 Å². The van der Waals surface area contributed by atoms with Crippen molar-refractivity contribution in [2.75, 3.05) is 19.6 Å². The quantitative estimate of drug-likeness (QED) is 0.841. The first kappa shape index (κ1) is 18.1. The maximum absolute atomic E-state index is 13.0. The van der Waals surface area contributed by atoms with Crippen molar-refractivity contribution in [1.82, 2.24) is 25.2 Å². The van der Waals surface area contributed by atoms with Crippen LogP contribution in [0.15, 0.2) is 36.5 Å². The molecule has 2 fully saturated rings. The molecule has 0 aliphatic carbocycles. The van der Waals surface area contributed by atoms with E-state index in [0.29, 0.717) is 24.7 Å². The third kappa shape index (κ3) is 4.04. The second-order valence-electron chi connectivity index (χ2n) is 7.52. The summed E-state index contributed by atoms with van der Waals surface area (Å²) in [6.07, 6.45) is 5.67. The zero-order chi connectivity index (χ0) is 18.6. The number of nitrogens with zero attached hydrogens (tertiary/aromatic N) is 4. The Morgan fingerprint density at radius 3 is 2.78 bits per heavy atom. The van der Waals surface area contributed by atoms with Crippen LogP contribution in [0, 0.1) is 0 Å². The summed E-state index contributed by atoms with van der Waals surface area (Å²) in [6, 6.07) is 10.00. The minimum Gasteiger partial charge on any atom is -0.388 e. The van der Waals surface area contributed by atoms with Gasteiger partial charge in [0.15, 0.2) is 5.69 Å². The monoisotopic (exact) mass is 369 g/mol. The largest absolute Gasteiger partial charge is 0.388 e. The number of aliphatic hydroxyl groups is 1. The Kier molecular flexibility index (Phi) is 5.50. The number of benzene rings is 1. The number of carbonyl (C=O) groups excluding carboxylic acids is 1. The first-order valence-corrected chi connectivity index (χ1v) is 9.89. The fourth-order valence-electron chi connectivity index (χ4n) is 4.19. The van der Waals surface area contributed by atoms with Crippen molar-refractivity contribution < 1.29 is 9.90 Å². The maximum Gasteiger partial charge on any atom is 0.276 e. The van der Waals surface area contributed by atoms with Crippen molar-refractivity contribution in [3.8, 4) is 0 Å². The summed E-state index contributed by atoms with van der Waals surface area (Å²) in [5.74, 6) is -0.0713. The van der Waals surface area contributed by atoms with Crippen LogP contribution in [0.3, 0.4) is 0 Å². The number of amides is 1. The molecule has 0 radical (unpaired) electrons. The van der Waals surface area contributed by atoms with Gasteiger partial charge in [0.25, 0.3) is 5.91 Å². The minimum atomic E-state index is -0.560. The lowest BCUT2D eigenvalue weighted by atomic mass is 10.0. The van der Waals surface area contributed by atoms with Crippen molar-refractivity contribution in [2.45, 2.75) is 50.3 Å². The summed E-state index contributed by atoms with van der Waals surface area (Å²) >= 11 is 0. The highest BCUT2D eigenvalue weighted by Gasteiger charge is 2.33. The van der Waals surface area contributed by atoms with E-state index in [-0.39, 0.29) is 11.9 Å². The molecule has 1 amide bonds. The van der Waals surface area contributed by atoms with Crippen molar-refractivity contribution in [2.24, 2.45) is 0 Å². The van der Waals surface area contributed by atoms with Gasteiger partial charge in [-0.05, 0) is 50.8 Å². The molecule has 2 N–H and O–H groups in total. The topological polar surface area (TPSA) is 83.3 Å². The van der Waals surface area contributed by atoms with E-state index in [1.165, 1.54) is 0 Å². The number of carbonyl (C=O) groups is 1. The first-order valence-electron chi connectivity index (χ1n) is 9.89. The number of rotatable bonds is 5. The molecule has 27 heavy (non-hydrogen) atoms. The lowest BCUT2D eigenvalue weighted by molar-refractivity contribution is 0.0661. The first-order chi connectivity index (χ1) is 13.2. The lowest BCUT2D eigenvalue weighted by Crippen LogP contribution is -2.36. The molecule has 1 aromatic heterocycles. The van der Waals surface area contributed by atoms with Crippen LogP contribution in [0.2, 0.25) is 0 Å². The van der Waals surface area contributed by atoms with Gasteiger partial charge in [-0.25, -0.2) is 4.68 Å². The van der Waals surface area contributed by atoms with E-state index in [9.17, 15) is 9.90 Å². The van der Waals surface area contributed by atoms with Gasteiger partial charge in [0, 0.05) is 12.6 Å². The molecule has 7 heteroatoms. The van der Waals surface area contributed by atoms with Gasteiger partial charge in [-0.3, -0.25) is 4.79 Å². The Balaban J connectivity index is 1.42. The van der Waals surface area contributed by atoms with Gasteiger partial charge in [-0.1, -0.05) is 35.5 Å². The van der Waals surface area contributed by atoms with Crippen LogP contribution < -0.4 is 5.32 Å². The molecule has 7 nitrogen and oxygen atoms in total. The number of hydrogen-bond acceptors (Lipinski definition) is 5. The molecule has 2 atom stereocenters. The van der Waals surface area contributed by atoms with E-state index in [1.807, 2.05) is 39.9 Å². The summed E-state index contributed by atoms with van der Waals surface area (Å²) in [7, 11) is 0. The zero-order valence-electron chi connectivity index (χ0n) is 15.5. The van der Waals surface area contributed by atoms with Crippen LogP contribution >= 0.6 is 0 Å². The van der Waals surface area contributed by atoms with Gasteiger partial charge >= 0.3 is 0 Å². The SMILES string of the molecule is O=C(c1cn(C2CCNCC2)nn1)N1CCC[C@@H]1C[C@H](O)c1ccccc1. The molecule has 2 saturated heterocycles. The smallest absolute Gasteiger partial charge is 0.276 e. The Morgan fingerprint density at radius 2 is 2.00 bits per heavy atom. The highest BCUT2D eigenvalue weighted by Crippen LogP contribution is 2.28. The normalized spacial score (nSPS) is 22.1. The lowest BCUT2D eigenvalue weighted by Gasteiger charge is -2.26. The number of aromatic nitrogens is 3. The molecular formula is C20H27N5O2. The Morgan fingerprint density at radius 1 is 1.22 bits per heavy atom. The molecule has 0 bridgehead atoms. The molecule has 2 aliphatic heterocycles. The van der Waals surface area contributed by atoms with Crippen LogP contribution in [0.25, 0.3) is 0 Å². The van der Waals surface area contributed by atoms with Crippen LogP contribution in [0.1, 0.15) is 60.3 Å². The van der Waals surface area contributed by atoms with Gasteiger partial charge in [0.1, 0.15) is 0 Å². The van der Waals surface area contributed by atoms with Gasteiger partial charge in [-0.15, -0.1) is 5.10 Å². The highest BCUT2D eigenvalue weighted by molar-refractivity contribution is 5.92. The summed E-state index contributed by atoms with van der Waals surface area (Å²) < 4.78 is 1.85. The van der Waals surface area contributed by atoms with Gasteiger partial charge < -0.3 is 15.3 Å². The fourth-order valence-corrected chi connectivity index (χ4v) is 4.19. The van der Waals surface area contributed by atoms with Gasteiger partial charge in [-0.2, -0.15) is 0 Å². The van der Waals surface area contributed by atoms with E-state index in [2.05, 4.69) is 15.6 Å². The third-order valence-electron chi connectivity index (χ3n) is 5.73. The minimum absolute atomic E-state index is 0.0386. The van der Waals surface area contributed by atoms with E-state index in [1.54, 1.807) is 6.20 Å². The zero-order valence-corrected chi connectivity index (χ0v) is 15.5. The molecule has 0 spiro atoms. The maximum atomic E-state index is 13.0. The number of likely N-dealkylation sites (tertiary alicyclic amines) is 1. The average Bonchev–Trinajstić information content (AvgIpc) is 3.39. The summed E-state index contributed by atoms with van der Waals surface area (Å²) in [5.41, 5.74) is 1.31. The van der Waals surface area contributed by atoms with Crippen LogP contribution in [0.5, 0.6) is 0 Å². The number of hydrogen-bond donors (Lipinski definition) is 2. The predicted octanol–water partition coefficient (Wildman–Crippen LogP) is 1.93.